The first-order chi connectivity index (χ1) is 17.1. The zero-order valence-electron chi connectivity index (χ0n) is 18.7. The molecule has 0 amide bonds. The van der Waals surface area contributed by atoms with E-state index in [1.54, 1.807) is 18.2 Å². The number of rotatable bonds is 7. The number of benzene rings is 3. The summed E-state index contributed by atoms with van der Waals surface area (Å²) in [4.78, 5) is 24.7. The fourth-order valence-electron chi connectivity index (χ4n) is 3.62. The maximum Gasteiger partial charge on any atom is 0.337 e. The predicted octanol–water partition coefficient (Wildman–Crippen LogP) is 4.57. The molecule has 5 aromatic rings. The topological polar surface area (TPSA) is 100 Å². The molecule has 174 valence electrons. The van der Waals surface area contributed by atoms with E-state index in [9.17, 15) is 9.59 Å². The standard InChI is InChI=1S/C26H20N4O4S/c1-33-25(32)19-13-11-18(12-14-19)16-35-26-28-27-23(34-26)22-20-9-5-6-10-21(20)24(31)30(29-22)15-17-7-3-2-4-8-17/h2-14H,15-16H2,1H3. The average molecular weight is 485 g/mol. The molecule has 0 aliphatic heterocycles. The molecule has 0 unspecified atom stereocenters. The van der Waals surface area contributed by atoms with Crippen molar-refractivity contribution in [1.29, 1.82) is 0 Å². The van der Waals surface area contributed by atoms with Gasteiger partial charge in [-0.2, -0.15) is 5.10 Å². The van der Waals surface area contributed by atoms with Crippen molar-refractivity contribution in [1.82, 2.24) is 20.0 Å². The lowest BCUT2D eigenvalue weighted by atomic mass is 10.1. The maximum absolute atomic E-state index is 13.1. The normalized spacial score (nSPS) is 11.0. The van der Waals surface area contributed by atoms with Crippen LogP contribution in [-0.2, 0) is 17.0 Å². The minimum Gasteiger partial charge on any atom is -0.465 e. The minimum absolute atomic E-state index is 0.183. The van der Waals surface area contributed by atoms with E-state index in [2.05, 4.69) is 15.3 Å². The van der Waals surface area contributed by atoms with Crippen molar-refractivity contribution >= 4 is 28.5 Å². The molecular weight excluding hydrogens is 464 g/mol. The number of thioether (sulfide) groups is 1. The van der Waals surface area contributed by atoms with Crippen molar-refractivity contribution in [2.45, 2.75) is 17.5 Å². The summed E-state index contributed by atoms with van der Waals surface area (Å²) in [6, 6.07) is 24.1. The Morgan fingerprint density at radius 2 is 1.63 bits per heavy atom. The van der Waals surface area contributed by atoms with Gasteiger partial charge in [-0.3, -0.25) is 4.79 Å². The number of hydrogen-bond donors (Lipinski definition) is 0. The number of fused-ring (bicyclic) bond motifs is 1. The Bertz CT molecular complexity index is 1550. The van der Waals surface area contributed by atoms with E-state index in [-0.39, 0.29) is 17.4 Å². The van der Waals surface area contributed by atoms with E-state index in [4.69, 9.17) is 9.15 Å². The van der Waals surface area contributed by atoms with Crippen LogP contribution in [0.2, 0.25) is 0 Å². The second-order valence-electron chi connectivity index (χ2n) is 7.69. The van der Waals surface area contributed by atoms with Gasteiger partial charge in [-0.05, 0) is 29.3 Å². The summed E-state index contributed by atoms with van der Waals surface area (Å²) in [5.41, 5.74) is 2.71. The van der Waals surface area contributed by atoms with Crippen molar-refractivity contribution in [2.24, 2.45) is 0 Å². The van der Waals surface area contributed by atoms with Crippen molar-refractivity contribution in [3.8, 4) is 11.6 Å². The van der Waals surface area contributed by atoms with Gasteiger partial charge >= 0.3 is 5.97 Å². The van der Waals surface area contributed by atoms with E-state index in [0.29, 0.717) is 39.6 Å². The van der Waals surface area contributed by atoms with Crippen molar-refractivity contribution in [3.05, 3.63) is 106 Å². The molecule has 0 aliphatic rings. The second kappa shape index (κ2) is 9.94. The molecule has 2 aromatic heterocycles. The Morgan fingerprint density at radius 1 is 0.914 bits per heavy atom. The molecule has 0 spiro atoms. The number of carbonyl (C=O) groups is 1. The Hall–Kier alpha value is -4.24. The minimum atomic E-state index is -0.376. The molecule has 0 atom stereocenters. The quantitative estimate of drug-likeness (QED) is 0.245. The third kappa shape index (κ3) is 4.85. The van der Waals surface area contributed by atoms with Crippen molar-refractivity contribution in [3.63, 3.8) is 0 Å². The lowest BCUT2D eigenvalue weighted by Gasteiger charge is -2.09. The average Bonchev–Trinajstić information content (AvgIpc) is 3.38. The van der Waals surface area contributed by atoms with Crippen LogP contribution in [0.4, 0.5) is 0 Å². The van der Waals surface area contributed by atoms with E-state index < -0.39 is 0 Å². The first-order valence-corrected chi connectivity index (χ1v) is 11.8. The third-order valence-corrected chi connectivity index (χ3v) is 6.28. The molecule has 0 saturated heterocycles. The van der Waals surface area contributed by atoms with Gasteiger partial charge in [0.1, 0.15) is 0 Å². The van der Waals surface area contributed by atoms with Gasteiger partial charge in [0.15, 0.2) is 5.69 Å². The largest absolute Gasteiger partial charge is 0.465 e. The highest BCUT2D eigenvalue weighted by molar-refractivity contribution is 7.98. The van der Waals surface area contributed by atoms with Gasteiger partial charge in [0, 0.05) is 11.1 Å². The number of nitrogens with zero attached hydrogens (tertiary/aromatic N) is 4. The highest BCUT2D eigenvalue weighted by Gasteiger charge is 2.18. The van der Waals surface area contributed by atoms with E-state index >= 15 is 0 Å². The monoisotopic (exact) mass is 484 g/mol. The SMILES string of the molecule is COC(=O)c1ccc(CSc2nnc(-c3nn(Cc4ccccc4)c(=O)c4ccccc34)o2)cc1. The molecule has 2 heterocycles. The summed E-state index contributed by atoms with van der Waals surface area (Å²) in [6.45, 7) is 0.328. The van der Waals surface area contributed by atoms with Gasteiger partial charge < -0.3 is 9.15 Å². The van der Waals surface area contributed by atoms with Gasteiger partial charge in [-0.1, -0.05) is 72.4 Å². The molecule has 0 saturated carbocycles. The van der Waals surface area contributed by atoms with Crippen LogP contribution >= 0.6 is 11.8 Å². The van der Waals surface area contributed by atoms with Gasteiger partial charge in [0.25, 0.3) is 16.7 Å². The molecular formula is C26H20N4O4S. The van der Waals surface area contributed by atoms with E-state index in [1.807, 2.05) is 60.7 Å². The summed E-state index contributed by atoms with van der Waals surface area (Å²) in [5.74, 6) is 0.440. The van der Waals surface area contributed by atoms with Gasteiger partial charge in [-0.25, -0.2) is 9.48 Å². The number of hydrogen-bond acceptors (Lipinski definition) is 8. The van der Waals surface area contributed by atoms with Crippen LogP contribution in [0.15, 0.2) is 93.3 Å². The number of ether oxygens (including phenoxy) is 1. The zero-order chi connectivity index (χ0) is 24.2. The van der Waals surface area contributed by atoms with Crippen LogP contribution < -0.4 is 5.56 Å². The molecule has 35 heavy (non-hydrogen) atoms. The molecule has 0 bridgehead atoms. The highest BCUT2D eigenvalue weighted by atomic mass is 32.2. The van der Waals surface area contributed by atoms with Crippen molar-refractivity contribution < 1.29 is 13.9 Å². The molecule has 9 heteroatoms. The fraction of sp³-hybridized carbons (Fsp3) is 0.115. The summed E-state index contributed by atoms with van der Waals surface area (Å²) >= 11 is 1.37. The maximum atomic E-state index is 13.1. The lowest BCUT2D eigenvalue weighted by Crippen LogP contribution is -2.24. The molecule has 3 aromatic carbocycles. The Labute approximate surface area is 204 Å². The molecule has 5 rings (SSSR count). The molecule has 0 N–H and O–H groups in total. The second-order valence-corrected chi connectivity index (χ2v) is 8.62. The summed E-state index contributed by atoms with van der Waals surface area (Å²) in [7, 11) is 1.35. The summed E-state index contributed by atoms with van der Waals surface area (Å²) in [6.07, 6.45) is 0. The van der Waals surface area contributed by atoms with Crippen LogP contribution in [0.1, 0.15) is 21.5 Å². The van der Waals surface area contributed by atoms with Crippen molar-refractivity contribution in [2.75, 3.05) is 7.11 Å². The van der Waals surface area contributed by atoms with Gasteiger partial charge in [0.05, 0.1) is 24.6 Å². The summed E-state index contributed by atoms with van der Waals surface area (Å²) < 4.78 is 12.1. The zero-order valence-corrected chi connectivity index (χ0v) is 19.6. The third-order valence-electron chi connectivity index (χ3n) is 5.39. The van der Waals surface area contributed by atoms with Crippen LogP contribution in [-0.4, -0.2) is 33.1 Å². The van der Waals surface area contributed by atoms with Crippen LogP contribution in [0, 0.1) is 0 Å². The van der Waals surface area contributed by atoms with Crippen LogP contribution in [0.25, 0.3) is 22.4 Å². The Balaban J connectivity index is 1.42. The first kappa shape index (κ1) is 22.5. The number of esters is 1. The predicted molar refractivity (Wildman–Crippen MR) is 132 cm³/mol. The Morgan fingerprint density at radius 3 is 2.37 bits per heavy atom. The van der Waals surface area contributed by atoms with E-state index in [0.717, 1.165) is 11.1 Å². The smallest absolute Gasteiger partial charge is 0.337 e. The fourth-order valence-corrected chi connectivity index (χ4v) is 4.34. The van der Waals surface area contributed by atoms with E-state index in [1.165, 1.54) is 23.6 Å². The van der Waals surface area contributed by atoms with Crippen LogP contribution in [0.5, 0.6) is 0 Å². The molecule has 8 nitrogen and oxygen atoms in total. The Kier molecular flexibility index (Phi) is 6.40. The molecule has 0 fully saturated rings. The van der Waals surface area contributed by atoms with Crippen LogP contribution in [0.3, 0.4) is 0 Å². The number of methoxy groups -OCH3 is 1. The number of aromatic nitrogens is 4. The van der Waals surface area contributed by atoms with Gasteiger partial charge in [-0.15, -0.1) is 10.2 Å². The summed E-state index contributed by atoms with van der Waals surface area (Å²) in [5, 5.41) is 14.5. The lowest BCUT2D eigenvalue weighted by molar-refractivity contribution is 0.0600. The first-order valence-electron chi connectivity index (χ1n) is 10.8. The molecule has 0 aliphatic carbocycles. The molecule has 0 radical (unpaired) electrons. The number of carbonyl (C=O) groups excluding carboxylic acids is 1. The highest BCUT2D eigenvalue weighted by Crippen LogP contribution is 2.28. The van der Waals surface area contributed by atoms with Gasteiger partial charge in [0.2, 0.25) is 0 Å².